The highest BCUT2D eigenvalue weighted by Gasteiger charge is 2.28. The van der Waals surface area contributed by atoms with Gasteiger partial charge in [-0.2, -0.15) is 0 Å². The van der Waals surface area contributed by atoms with E-state index in [-0.39, 0.29) is 17.6 Å². The largest absolute Gasteiger partial charge is 0.354 e. The third-order valence-electron chi connectivity index (χ3n) is 4.39. The number of nitrogens with zero attached hydrogens (tertiary/aromatic N) is 4. The molecule has 1 aliphatic rings. The molecule has 0 bridgehead atoms. The molecule has 128 valence electrons. The van der Waals surface area contributed by atoms with Crippen LogP contribution in [0.2, 0.25) is 0 Å². The number of H-pyrrole nitrogens is 1. The van der Waals surface area contributed by atoms with E-state index in [2.05, 4.69) is 30.2 Å². The summed E-state index contributed by atoms with van der Waals surface area (Å²) in [5, 5.41) is 2.80. The van der Waals surface area contributed by atoms with Crippen LogP contribution < -0.4 is 10.2 Å². The molecule has 3 aromatic rings. The fourth-order valence-corrected chi connectivity index (χ4v) is 3.19. The van der Waals surface area contributed by atoms with Gasteiger partial charge in [-0.25, -0.2) is 19.3 Å². The minimum atomic E-state index is -0.370. The lowest BCUT2D eigenvalue weighted by atomic mass is 9.97. The highest BCUT2D eigenvalue weighted by atomic mass is 19.1. The molecule has 0 radical (unpaired) electrons. The number of carbonyl (C=O) groups is 1. The average molecular weight is 340 g/mol. The Morgan fingerprint density at radius 2 is 2.24 bits per heavy atom. The highest BCUT2D eigenvalue weighted by molar-refractivity contribution is 5.93. The molecule has 1 amide bonds. The summed E-state index contributed by atoms with van der Waals surface area (Å²) < 4.78 is 13.3. The number of anilines is 2. The molecule has 2 N–H and O–H groups in total. The molecule has 1 saturated heterocycles. The lowest BCUT2D eigenvalue weighted by Gasteiger charge is -2.32. The molecule has 4 rings (SSSR count). The van der Waals surface area contributed by atoms with Crippen molar-refractivity contribution in [2.24, 2.45) is 5.92 Å². The molecule has 0 saturated carbocycles. The molecule has 0 spiro atoms. The number of benzene rings is 1. The number of amides is 1. The van der Waals surface area contributed by atoms with Gasteiger partial charge in [0, 0.05) is 18.8 Å². The summed E-state index contributed by atoms with van der Waals surface area (Å²) in [6.07, 6.45) is 4.73. The standard InChI is InChI=1S/C17H17FN6O/c18-12-4-1-5-13(7-12)23-17(25)11-3-2-6-24(8-11)16-14-15(20-9-19-14)21-10-22-16/h1,4-5,7,9-11H,2-3,6,8H2,(H,23,25)(H,19,20,21,22)/t11-/m0/s1. The van der Waals surface area contributed by atoms with Crippen LogP contribution in [0.25, 0.3) is 11.2 Å². The van der Waals surface area contributed by atoms with E-state index in [1.54, 1.807) is 18.5 Å². The van der Waals surface area contributed by atoms with E-state index in [0.29, 0.717) is 17.9 Å². The van der Waals surface area contributed by atoms with Gasteiger partial charge >= 0.3 is 0 Å². The number of carbonyl (C=O) groups excluding carboxylic acids is 1. The maximum Gasteiger partial charge on any atom is 0.229 e. The fraction of sp³-hybridized carbons (Fsp3) is 0.294. The van der Waals surface area contributed by atoms with Gasteiger partial charge in [0.1, 0.15) is 17.7 Å². The van der Waals surface area contributed by atoms with Gasteiger partial charge in [-0.05, 0) is 31.0 Å². The second-order valence-corrected chi connectivity index (χ2v) is 6.08. The van der Waals surface area contributed by atoms with Crippen molar-refractivity contribution in [1.82, 2.24) is 19.9 Å². The van der Waals surface area contributed by atoms with Crippen LogP contribution in [0.15, 0.2) is 36.9 Å². The minimum absolute atomic E-state index is 0.106. The first-order chi connectivity index (χ1) is 12.2. The lowest BCUT2D eigenvalue weighted by Crippen LogP contribution is -2.41. The molecule has 7 nitrogen and oxygen atoms in total. The number of hydrogen-bond acceptors (Lipinski definition) is 5. The number of imidazole rings is 1. The maximum atomic E-state index is 13.3. The second kappa shape index (κ2) is 6.46. The van der Waals surface area contributed by atoms with E-state index in [1.807, 2.05) is 0 Å². The molecule has 0 unspecified atom stereocenters. The molecule has 2 aromatic heterocycles. The van der Waals surface area contributed by atoms with Crippen molar-refractivity contribution in [3.8, 4) is 0 Å². The molecule has 1 aliphatic heterocycles. The number of halogens is 1. The molecule has 1 atom stereocenters. The predicted octanol–water partition coefficient (Wildman–Crippen LogP) is 2.35. The van der Waals surface area contributed by atoms with Gasteiger partial charge in [-0.15, -0.1) is 0 Å². The van der Waals surface area contributed by atoms with E-state index in [9.17, 15) is 9.18 Å². The highest BCUT2D eigenvalue weighted by Crippen LogP contribution is 2.26. The normalized spacial score (nSPS) is 17.6. The summed E-state index contributed by atoms with van der Waals surface area (Å²) >= 11 is 0. The van der Waals surface area contributed by atoms with Crippen LogP contribution in [-0.2, 0) is 4.79 Å². The van der Waals surface area contributed by atoms with Crippen LogP contribution in [0.1, 0.15) is 12.8 Å². The Morgan fingerprint density at radius 3 is 3.12 bits per heavy atom. The zero-order valence-electron chi connectivity index (χ0n) is 13.4. The van der Waals surface area contributed by atoms with Crippen LogP contribution in [0.5, 0.6) is 0 Å². The molecule has 1 fully saturated rings. The van der Waals surface area contributed by atoms with Gasteiger partial charge in [0.05, 0.1) is 12.2 Å². The van der Waals surface area contributed by atoms with Gasteiger partial charge in [0.15, 0.2) is 11.5 Å². The van der Waals surface area contributed by atoms with E-state index < -0.39 is 0 Å². The Morgan fingerprint density at radius 1 is 1.32 bits per heavy atom. The van der Waals surface area contributed by atoms with Crippen molar-refractivity contribution in [2.75, 3.05) is 23.3 Å². The van der Waals surface area contributed by atoms with Crippen LogP contribution in [-0.4, -0.2) is 38.9 Å². The van der Waals surface area contributed by atoms with Gasteiger partial charge in [0.25, 0.3) is 0 Å². The summed E-state index contributed by atoms with van der Waals surface area (Å²) in [6.45, 7) is 1.36. The van der Waals surface area contributed by atoms with Crippen molar-refractivity contribution in [3.05, 3.63) is 42.7 Å². The summed E-state index contributed by atoms with van der Waals surface area (Å²) in [5.74, 6) is 0.0895. The van der Waals surface area contributed by atoms with E-state index in [0.717, 1.165) is 30.7 Å². The van der Waals surface area contributed by atoms with Crippen LogP contribution in [0, 0.1) is 11.7 Å². The first-order valence-electron chi connectivity index (χ1n) is 8.16. The second-order valence-electron chi connectivity index (χ2n) is 6.08. The number of aromatic amines is 1. The van der Waals surface area contributed by atoms with Crippen molar-refractivity contribution >= 4 is 28.6 Å². The van der Waals surface area contributed by atoms with Gasteiger partial charge < -0.3 is 15.2 Å². The summed E-state index contributed by atoms with van der Waals surface area (Å²) in [7, 11) is 0. The zero-order valence-corrected chi connectivity index (χ0v) is 13.4. The van der Waals surface area contributed by atoms with Crippen molar-refractivity contribution in [3.63, 3.8) is 0 Å². The molecular weight excluding hydrogens is 323 g/mol. The average Bonchev–Trinajstić information content (AvgIpc) is 3.10. The smallest absolute Gasteiger partial charge is 0.229 e. The predicted molar refractivity (Wildman–Crippen MR) is 91.7 cm³/mol. The molecule has 0 aliphatic carbocycles. The first kappa shape index (κ1) is 15.5. The topological polar surface area (TPSA) is 86.8 Å². The van der Waals surface area contributed by atoms with Crippen LogP contribution in [0.3, 0.4) is 0 Å². The number of rotatable bonds is 3. The number of fused-ring (bicyclic) bond motifs is 1. The summed E-state index contributed by atoms with van der Waals surface area (Å²) in [4.78, 5) is 30.3. The Labute approximate surface area is 143 Å². The number of piperidine rings is 1. The minimum Gasteiger partial charge on any atom is -0.354 e. The maximum absolute atomic E-state index is 13.3. The zero-order chi connectivity index (χ0) is 17.2. The van der Waals surface area contributed by atoms with Crippen molar-refractivity contribution in [2.45, 2.75) is 12.8 Å². The Bertz CT molecular complexity index is 911. The Kier molecular flexibility index (Phi) is 4.01. The molecular formula is C17H17FN6O. The van der Waals surface area contributed by atoms with E-state index in [4.69, 9.17) is 0 Å². The molecule has 25 heavy (non-hydrogen) atoms. The third kappa shape index (κ3) is 3.15. The molecule has 3 heterocycles. The molecule has 1 aromatic carbocycles. The van der Waals surface area contributed by atoms with Gasteiger partial charge in [-0.3, -0.25) is 4.79 Å². The van der Waals surface area contributed by atoms with E-state index in [1.165, 1.54) is 18.5 Å². The van der Waals surface area contributed by atoms with Crippen molar-refractivity contribution < 1.29 is 9.18 Å². The van der Waals surface area contributed by atoms with Crippen LogP contribution >= 0.6 is 0 Å². The number of hydrogen-bond donors (Lipinski definition) is 2. The SMILES string of the molecule is O=C(Nc1cccc(F)c1)[C@H]1CCCN(c2ncnc3nc[nH]c23)C1. The Hall–Kier alpha value is -3.03. The van der Waals surface area contributed by atoms with Gasteiger partial charge in [0.2, 0.25) is 5.91 Å². The molecule has 8 heteroatoms. The Balaban J connectivity index is 1.51. The third-order valence-corrected chi connectivity index (χ3v) is 4.39. The van der Waals surface area contributed by atoms with E-state index >= 15 is 0 Å². The van der Waals surface area contributed by atoms with Gasteiger partial charge in [-0.1, -0.05) is 6.07 Å². The monoisotopic (exact) mass is 340 g/mol. The van der Waals surface area contributed by atoms with Crippen LogP contribution in [0.4, 0.5) is 15.9 Å². The number of aromatic nitrogens is 4. The summed E-state index contributed by atoms with van der Waals surface area (Å²) in [5.41, 5.74) is 1.85. The quantitative estimate of drug-likeness (QED) is 0.764. The summed E-state index contributed by atoms with van der Waals surface area (Å²) in [6, 6.07) is 5.92. The first-order valence-corrected chi connectivity index (χ1v) is 8.16. The van der Waals surface area contributed by atoms with Crippen molar-refractivity contribution in [1.29, 1.82) is 0 Å². The lowest BCUT2D eigenvalue weighted by molar-refractivity contribution is -0.120. The fourth-order valence-electron chi connectivity index (χ4n) is 3.19. The number of nitrogens with one attached hydrogen (secondary N) is 2.